The second-order valence-electron chi connectivity index (χ2n) is 6.24. The lowest BCUT2D eigenvalue weighted by atomic mass is 10.0. The maximum absolute atomic E-state index is 13.2. The minimum absolute atomic E-state index is 0.230. The van der Waals surface area contributed by atoms with Gasteiger partial charge in [-0.25, -0.2) is 4.79 Å². The van der Waals surface area contributed by atoms with Crippen molar-refractivity contribution in [3.63, 3.8) is 0 Å². The number of ether oxygens (including phenoxy) is 1. The fourth-order valence-electron chi connectivity index (χ4n) is 3.03. The molecule has 3 rings (SSSR count). The van der Waals surface area contributed by atoms with Gasteiger partial charge in [0.1, 0.15) is 0 Å². The van der Waals surface area contributed by atoms with Crippen LogP contribution in [0.4, 0.5) is 5.69 Å². The molecule has 1 aliphatic heterocycles. The monoisotopic (exact) mass is 381 g/mol. The van der Waals surface area contributed by atoms with Crippen molar-refractivity contribution in [2.45, 2.75) is 20.8 Å². The first-order valence-electron chi connectivity index (χ1n) is 8.69. The average Bonchev–Trinajstić information content (AvgIpc) is 2.88. The number of anilines is 1. The Hall–Kier alpha value is -2.85. The molecule has 1 aliphatic rings. The van der Waals surface area contributed by atoms with E-state index >= 15 is 0 Å². The minimum Gasteiger partial charge on any atom is -0.462 e. The van der Waals surface area contributed by atoms with Gasteiger partial charge in [0.25, 0.3) is 5.91 Å². The Labute approximate surface area is 163 Å². The Morgan fingerprint density at radius 1 is 1.11 bits per heavy atom. The zero-order chi connectivity index (χ0) is 19.6. The van der Waals surface area contributed by atoms with Gasteiger partial charge in [-0.3, -0.25) is 9.69 Å². The lowest BCUT2D eigenvalue weighted by Crippen LogP contribution is -2.24. The van der Waals surface area contributed by atoms with Crippen molar-refractivity contribution in [1.29, 1.82) is 0 Å². The van der Waals surface area contributed by atoms with Crippen LogP contribution in [0, 0.1) is 6.92 Å². The Morgan fingerprint density at radius 2 is 1.78 bits per heavy atom. The van der Waals surface area contributed by atoms with Gasteiger partial charge in [-0.15, -0.1) is 0 Å². The molecule has 0 saturated heterocycles. The molecular weight excluding hydrogens is 362 g/mol. The summed E-state index contributed by atoms with van der Waals surface area (Å²) in [5, 5.41) is 0.507. The predicted octanol–water partition coefficient (Wildman–Crippen LogP) is 4.92. The first-order chi connectivity index (χ1) is 12.9. The molecule has 0 saturated carbocycles. The molecule has 1 amide bonds. The van der Waals surface area contributed by atoms with Crippen molar-refractivity contribution in [3.8, 4) is 0 Å². The number of nitrogens with zero attached hydrogens (tertiary/aromatic N) is 1. The van der Waals surface area contributed by atoms with Gasteiger partial charge in [0.2, 0.25) is 0 Å². The van der Waals surface area contributed by atoms with Crippen LogP contribution in [0.25, 0.3) is 6.08 Å². The van der Waals surface area contributed by atoms with Gasteiger partial charge in [0.05, 0.1) is 17.8 Å². The van der Waals surface area contributed by atoms with Gasteiger partial charge in [0.15, 0.2) is 0 Å². The van der Waals surface area contributed by atoms with Gasteiger partial charge in [0, 0.05) is 16.4 Å². The van der Waals surface area contributed by atoms with E-state index in [1.54, 1.807) is 32.1 Å². The standard InChI is InChI=1S/C22H20ClNO3/c1-4-27-22(26)20-15(3)24(17-11-9-14(2)10-12-17)21(25)18(20)13-16-7-5-6-8-19(16)23/h5-13H,4H2,1-3H3/b18-13+. The van der Waals surface area contributed by atoms with E-state index in [1.807, 2.05) is 43.3 Å². The second-order valence-corrected chi connectivity index (χ2v) is 6.64. The molecule has 2 aromatic carbocycles. The Balaban J connectivity index is 2.14. The smallest absolute Gasteiger partial charge is 0.340 e. The van der Waals surface area contributed by atoms with Crippen LogP contribution in [0.1, 0.15) is 25.0 Å². The van der Waals surface area contributed by atoms with Crippen LogP contribution in [-0.4, -0.2) is 18.5 Å². The van der Waals surface area contributed by atoms with Crippen LogP contribution in [-0.2, 0) is 14.3 Å². The molecule has 0 fully saturated rings. The zero-order valence-electron chi connectivity index (χ0n) is 15.5. The fraction of sp³-hybridized carbons (Fsp3) is 0.182. The van der Waals surface area contributed by atoms with Gasteiger partial charge in [-0.05, 0) is 50.6 Å². The highest BCUT2D eigenvalue weighted by atomic mass is 35.5. The lowest BCUT2D eigenvalue weighted by molar-refractivity contribution is -0.138. The molecule has 0 aromatic heterocycles. The van der Waals surface area contributed by atoms with E-state index in [0.717, 1.165) is 5.56 Å². The third kappa shape index (κ3) is 3.67. The van der Waals surface area contributed by atoms with E-state index in [4.69, 9.17) is 16.3 Å². The molecule has 0 bridgehead atoms. The summed E-state index contributed by atoms with van der Waals surface area (Å²) in [7, 11) is 0. The summed E-state index contributed by atoms with van der Waals surface area (Å²) in [4.78, 5) is 27.3. The number of hydrogen-bond donors (Lipinski definition) is 0. The molecule has 0 N–H and O–H groups in total. The summed E-state index contributed by atoms with van der Waals surface area (Å²) in [6.45, 7) is 5.69. The first-order valence-corrected chi connectivity index (χ1v) is 9.07. The van der Waals surface area contributed by atoms with Crippen LogP contribution >= 0.6 is 11.6 Å². The highest BCUT2D eigenvalue weighted by molar-refractivity contribution is 6.32. The van der Waals surface area contributed by atoms with Crippen molar-refractivity contribution >= 4 is 35.2 Å². The van der Waals surface area contributed by atoms with Crippen molar-refractivity contribution < 1.29 is 14.3 Å². The van der Waals surface area contributed by atoms with Gasteiger partial charge < -0.3 is 4.74 Å². The highest BCUT2D eigenvalue weighted by Gasteiger charge is 2.38. The number of rotatable bonds is 4. The van der Waals surface area contributed by atoms with E-state index in [-0.39, 0.29) is 23.7 Å². The zero-order valence-corrected chi connectivity index (χ0v) is 16.2. The third-order valence-electron chi connectivity index (χ3n) is 4.38. The molecule has 0 radical (unpaired) electrons. The number of amides is 1. The number of halogens is 1. The predicted molar refractivity (Wildman–Crippen MR) is 107 cm³/mol. The van der Waals surface area contributed by atoms with Crippen molar-refractivity contribution in [2.24, 2.45) is 0 Å². The van der Waals surface area contributed by atoms with E-state index in [9.17, 15) is 9.59 Å². The maximum Gasteiger partial charge on any atom is 0.340 e. The van der Waals surface area contributed by atoms with E-state index < -0.39 is 5.97 Å². The number of carbonyl (C=O) groups excluding carboxylic acids is 2. The molecule has 2 aromatic rings. The third-order valence-corrected chi connectivity index (χ3v) is 4.72. The molecule has 0 unspecified atom stereocenters. The number of hydrogen-bond acceptors (Lipinski definition) is 3. The maximum atomic E-state index is 13.2. The van der Waals surface area contributed by atoms with E-state index in [0.29, 0.717) is 22.0 Å². The van der Waals surface area contributed by atoms with Crippen LogP contribution in [0.2, 0.25) is 5.02 Å². The summed E-state index contributed by atoms with van der Waals surface area (Å²) in [5.41, 5.74) is 3.54. The minimum atomic E-state index is -0.517. The summed E-state index contributed by atoms with van der Waals surface area (Å²) in [6.07, 6.45) is 1.65. The van der Waals surface area contributed by atoms with Crippen LogP contribution in [0.5, 0.6) is 0 Å². The van der Waals surface area contributed by atoms with Crippen LogP contribution in [0.15, 0.2) is 65.4 Å². The lowest BCUT2D eigenvalue weighted by Gasteiger charge is -2.18. The molecular formula is C22H20ClNO3. The number of benzene rings is 2. The summed E-state index contributed by atoms with van der Waals surface area (Å²) in [5.74, 6) is -0.796. The number of carbonyl (C=O) groups is 2. The Bertz CT molecular complexity index is 958. The van der Waals surface area contributed by atoms with Crippen LogP contribution < -0.4 is 4.90 Å². The highest BCUT2D eigenvalue weighted by Crippen LogP contribution is 2.36. The normalized spacial score (nSPS) is 15.6. The van der Waals surface area contributed by atoms with Gasteiger partial charge in [-0.1, -0.05) is 47.5 Å². The van der Waals surface area contributed by atoms with Gasteiger partial charge in [-0.2, -0.15) is 0 Å². The number of allylic oxidation sites excluding steroid dienone is 1. The van der Waals surface area contributed by atoms with Crippen LogP contribution in [0.3, 0.4) is 0 Å². The SMILES string of the molecule is CCOC(=O)C1=C(C)N(c2ccc(C)cc2)C(=O)/C1=C/c1ccccc1Cl. The molecule has 4 nitrogen and oxygen atoms in total. The van der Waals surface area contributed by atoms with E-state index in [1.165, 1.54) is 4.90 Å². The summed E-state index contributed by atoms with van der Waals surface area (Å²) >= 11 is 6.24. The molecule has 1 heterocycles. The molecule has 5 heteroatoms. The molecule has 27 heavy (non-hydrogen) atoms. The average molecular weight is 382 g/mol. The Morgan fingerprint density at radius 3 is 2.41 bits per heavy atom. The topological polar surface area (TPSA) is 46.6 Å². The molecule has 138 valence electrons. The summed E-state index contributed by atoms with van der Waals surface area (Å²) in [6, 6.07) is 14.8. The molecule has 0 spiro atoms. The quantitative estimate of drug-likeness (QED) is 0.558. The van der Waals surface area contributed by atoms with E-state index in [2.05, 4.69) is 0 Å². The van der Waals surface area contributed by atoms with Gasteiger partial charge >= 0.3 is 5.97 Å². The first kappa shape index (κ1) is 18.9. The van der Waals surface area contributed by atoms with Crippen molar-refractivity contribution in [3.05, 3.63) is 81.5 Å². The van der Waals surface area contributed by atoms with Crippen molar-refractivity contribution in [1.82, 2.24) is 0 Å². The largest absolute Gasteiger partial charge is 0.462 e. The number of aryl methyl sites for hydroxylation is 1. The second kappa shape index (κ2) is 7.80. The molecule has 0 aliphatic carbocycles. The Kier molecular flexibility index (Phi) is 5.47. The molecule has 0 atom stereocenters. The fourth-order valence-corrected chi connectivity index (χ4v) is 3.22. The number of esters is 1. The summed E-state index contributed by atoms with van der Waals surface area (Å²) < 4.78 is 5.20. The van der Waals surface area contributed by atoms with Crippen molar-refractivity contribution in [2.75, 3.05) is 11.5 Å².